The van der Waals surface area contributed by atoms with Crippen LogP contribution in [0.5, 0.6) is 0 Å². The van der Waals surface area contributed by atoms with Crippen LogP contribution in [0, 0.1) is 17.0 Å². The zero-order chi connectivity index (χ0) is 20.5. The van der Waals surface area contributed by atoms with Crippen molar-refractivity contribution in [1.29, 1.82) is 0 Å². The number of hydrogen-bond acceptors (Lipinski definition) is 5. The highest BCUT2D eigenvalue weighted by Crippen LogP contribution is 2.28. The van der Waals surface area contributed by atoms with Crippen LogP contribution in [0.3, 0.4) is 0 Å². The van der Waals surface area contributed by atoms with E-state index in [9.17, 15) is 28.1 Å². The smallest absolute Gasteiger partial charge is 0.368 e. The number of anilines is 1. The number of nitro benzene ring substituents is 1. The molecule has 1 aliphatic heterocycles. The second kappa shape index (κ2) is 7.45. The lowest BCUT2D eigenvalue weighted by Crippen LogP contribution is -2.49. The maximum atomic E-state index is 12.7. The fraction of sp³-hybridized carbons (Fsp3) is 0.333. The van der Waals surface area contributed by atoms with Gasteiger partial charge in [-0.05, 0) is 31.2 Å². The number of aromatic nitrogens is 1. The van der Waals surface area contributed by atoms with Crippen molar-refractivity contribution in [3.63, 3.8) is 0 Å². The number of halogens is 3. The second-order valence-electron chi connectivity index (χ2n) is 6.38. The van der Waals surface area contributed by atoms with E-state index < -0.39 is 16.8 Å². The Morgan fingerprint density at radius 1 is 1.07 bits per heavy atom. The van der Waals surface area contributed by atoms with Crippen molar-refractivity contribution in [2.45, 2.75) is 13.1 Å². The number of pyridine rings is 1. The standard InChI is InChI=1S/C18H17F3N4O3/c1-12-15(6-7-16(22-12)18(19,20)21)17(26)24-10-8-23(9-11-24)13-2-4-14(5-3-13)25(27)28/h2-7H,8-11H2,1H3. The van der Waals surface area contributed by atoms with Crippen LogP contribution in [0.2, 0.25) is 0 Å². The third-order valence-electron chi connectivity index (χ3n) is 4.60. The van der Waals surface area contributed by atoms with Gasteiger partial charge in [0.2, 0.25) is 0 Å². The summed E-state index contributed by atoms with van der Waals surface area (Å²) in [6, 6.07) is 8.12. The van der Waals surface area contributed by atoms with Gasteiger partial charge in [-0.25, -0.2) is 4.98 Å². The number of non-ortho nitro benzene ring substituents is 1. The lowest BCUT2D eigenvalue weighted by molar-refractivity contribution is -0.384. The highest BCUT2D eigenvalue weighted by atomic mass is 19.4. The molecular formula is C18H17F3N4O3. The maximum Gasteiger partial charge on any atom is 0.433 e. The van der Waals surface area contributed by atoms with Crippen LogP contribution >= 0.6 is 0 Å². The Hall–Kier alpha value is -3.17. The van der Waals surface area contributed by atoms with E-state index in [2.05, 4.69) is 4.98 Å². The topological polar surface area (TPSA) is 79.6 Å². The molecule has 1 aromatic carbocycles. The van der Waals surface area contributed by atoms with Gasteiger partial charge in [-0.3, -0.25) is 14.9 Å². The molecule has 1 aromatic heterocycles. The molecule has 1 aliphatic rings. The molecule has 0 N–H and O–H groups in total. The molecule has 10 heteroatoms. The molecule has 28 heavy (non-hydrogen) atoms. The van der Waals surface area contributed by atoms with Crippen LogP contribution in [-0.4, -0.2) is 46.9 Å². The molecule has 7 nitrogen and oxygen atoms in total. The molecule has 0 atom stereocenters. The van der Waals surface area contributed by atoms with E-state index in [4.69, 9.17) is 0 Å². The average molecular weight is 394 g/mol. The van der Waals surface area contributed by atoms with Crippen molar-refractivity contribution in [2.75, 3.05) is 31.1 Å². The molecule has 0 spiro atoms. The van der Waals surface area contributed by atoms with Crippen molar-refractivity contribution >= 4 is 17.3 Å². The number of alkyl halides is 3. The minimum atomic E-state index is -4.55. The van der Waals surface area contributed by atoms with Gasteiger partial charge >= 0.3 is 6.18 Å². The molecule has 148 valence electrons. The minimum absolute atomic E-state index is 0.00263. The number of amides is 1. The third-order valence-corrected chi connectivity index (χ3v) is 4.60. The Morgan fingerprint density at radius 2 is 1.68 bits per heavy atom. The lowest BCUT2D eigenvalue weighted by atomic mass is 10.1. The second-order valence-corrected chi connectivity index (χ2v) is 6.38. The van der Waals surface area contributed by atoms with Gasteiger partial charge in [-0.2, -0.15) is 13.2 Å². The molecule has 1 fully saturated rings. The van der Waals surface area contributed by atoms with Gasteiger partial charge in [0.05, 0.1) is 16.2 Å². The highest BCUT2D eigenvalue weighted by molar-refractivity contribution is 5.95. The molecule has 0 aliphatic carbocycles. The Bertz CT molecular complexity index is 892. The SMILES string of the molecule is Cc1nc(C(F)(F)F)ccc1C(=O)N1CCN(c2ccc([N+](=O)[O-])cc2)CC1. The molecule has 0 radical (unpaired) electrons. The van der Waals surface area contributed by atoms with Crippen molar-refractivity contribution in [3.05, 3.63) is 63.5 Å². The van der Waals surface area contributed by atoms with Crippen molar-refractivity contribution in [2.24, 2.45) is 0 Å². The number of nitro groups is 1. The number of carbonyl (C=O) groups is 1. The number of hydrogen-bond donors (Lipinski definition) is 0. The Balaban J connectivity index is 1.66. The van der Waals surface area contributed by atoms with E-state index in [0.29, 0.717) is 26.2 Å². The zero-order valence-corrected chi connectivity index (χ0v) is 14.9. The van der Waals surface area contributed by atoms with E-state index in [1.807, 2.05) is 4.90 Å². The summed E-state index contributed by atoms with van der Waals surface area (Å²) in [6.07, 6.45) is -4.55. The van der Waals surface area contributed by atoms with Crippen LogP contribution in [0.15, 0.2) is 36.4 Å². The fourth-order valence-electron chi connectivity index (χ4n) is 3.07. The number of piperazine rings is 1. The molecular weight excluding hydrogens is 377 g/mol. The number of benzene rings is 1. The summed E-state index contributed by atoms with van der Waals surface area (Å²) in [6.45, 7) is 3.18. The molecule has 1 saturated heterocycles. The molecule has 0 unspecified atom stereocenters. The van der Waals surface area contributed by atoms with Crippen LogP contribution < -0.4 is 4.90 Å². The lowest BCUT2D eigenvalue weighted by Gasteiger charge is -2.36. The zero-order valence-electron chi connectivity index (χ0n) is 14.9. The Kier molecular flexibility index (Phi) is 5.21. The summed E-state index contributed by atoms with van der Waals surface area (Å²) in [5, 5.41) is 10.7. The minimum Gasteiger partial charge on any atom is -0.368 e. The highest BCUT2D eigenvalue weighted by Gasteiger charge is 2.33. The van der Waals surface area contributed by atoms with Crippen LogP contribution in [0.1, 0.15) is 21.7 Å². The van der Waals surface area contributed by atoms with E-state index in [0.717, 1.165) is 17.8 Å². The average Bonchev–Trinajstić information content (AvgIpc) is 2.67. The Morgan fingerprint density at radius 3 is 2.18 bits per heavy atom. The van der Waals surface area contributed by atoms with Gasteiger partial charge in [0.15, 0.2) is 0 Å². The van der Waals surface area contributed by atoms with Crippen LogP contribution in [-0.2, 0) is 6.18 Å². The van der Waals surface area contributed by atoms with Crippen LogP contribution in [0.25, 0.3) is 0 Å². The van der Waals surface area contributed by atoms with Gasteiger partial charge in [0.1, 0.15) is 5.69 Å². The van der Waals surface area contributed by atoms with Gasteiger partial charge in [-0.1, -0.05) is 0 Å². The predicted molar refractivity (Wildman–Crippen MR) is 95.2 cm³/mol. The van der Waals surface area contributed by atoms with E-state index in [1.165, 1.54) is 19.1 Å². The van der Waals surface area contributed by atoms with Crippen molar-refractivity contribution in [3.8, 4) is 0 Å². The summed E-state index contributed by atoms with van der Waals surface area (Å²) in [4.78, 5) is 30.0. The van der Waals surface area contributed by atoms with Crippen LogP contribution in [0.4, 0.5) is 24.5 Å². The van der Waals surface area contributed by atoms with Gasteiger partial charge < -0.3 is 9.80 Å². The normalized spacial score (nSPS) is 14.9. The van der Waals surface area contributed by atoms with Gasteiger partial charge in [0.25, 0.3) is 11.6 Å². The molecule has 0 saturated carbocycles. The fourth-order valence-corrected chi connectivity index (χ4v) is 3.07. The Labute approximate surface area is 158 Å². The first-order chi connectivity index (χ1) is 13.2. The number of rotatable bonds is 3. The summed E-state index contributed by atoms with van der Waals surface area (Å²) in [7, 11) is 0. The van der Waals surface area contributed by atoms with Crippen molar-refractivity contribution in [1.82, 2.24) is 9.88 Å². The molecule has 0 bridgehead atoms. The first kappa shape index (κ1) is 19.6. The summed E-state index contributed by atoms with van der Waals surface area (Å²) in [5.41, 5.74) is -0.0214. The number of aryl methyl sites for hydroxylation is 1. The van der Waals surface area contributed by atoms with E-state index in [-0.39, 0.29) is 22.9 Å². The largest absolute Gasteiger partial charge is 0.433 e. The summed E-state index contributed by atoms with van der Waals surface area (Å²) >= 11 is 0. The molecule has 2 aromatic rings. The molecule has 1 amide bonds. The third kappa shape index (κ3) is 4.05. The van der Waals surface area contributed by atoms with Crippen molar-refractivity contribution < 1.29 is 22.9 Å². The number of carbonyl (C=O) groups excluding carboxylic acids is 1. The predicted octanol–water partition coefficient (Wildman–Crippen LogP) is 3.28. The first-order valence-corrected chi connectivity index (χ1v) is 8.50. The van der Waals surface area contributed by atoms with E-state index in [1.54, 1.807) is 17.0 Å². The summed E-state index contributed by atoms with van der Waals surface area (Å²) in [5.74, 6) is -0.359. The molecule has 3 rings (SSSR count). The summed E-state index contributed by atoms with van der Waals surface area (Å²) < 4.78 is 38.2. The quantitative estimate of drug-likeness (QED) is 0.590. The van der Waals surface area contributed by atoms with E-state index >= 15 is 0 Å². The monoisotopic (exact) mass is 394 g/mol. The first-order valence-electron chi connectivity index (χ1n) is 8.50. The van der Waals surface area contributed by atoms with Gasteiger partial charge in [-0.15, -0.1) is 0 Å². The molecule has 2 heterocycles. The maximum absolute atomic E-state index is 12.7. The number of nitrogens with zero attached hydrogens (tertiary/aromatic N) is 4. The van der Waals surface area contributed by atoms with Gasteiger partial charge in [0, 0.05) is 44.0 Å².